The predicted octanol–water partition coefficient (Wildman–Crippen LogP) is 1.26. The maximum Gasteiger partial charge on any atom is 0.384 e. The zero-order valence-corrected chi connectivity index (χ0v) is 8.34. The van der Waals surface area contributed by atoms with Crippen molar-refractivity contribution >= 4 is 5.97 Å². The Labute approximate surface area is 83.8 Å². The lowest BCUT2D eigenvalue weighted by Crippen LogP contribution is -2.17. The molecule has 1 aliphatic carbocycles. The van der Waals surface area contributed by atoms with Crippen molar-refractivity contribution in [3.8, 4) is 11.8 Å². The molecule has 0 radical (unpaired) electrons. The van der Waals surface area contributed by atoms with E-state index in [2.05, 4.69) is 11.8 Å². The molecule has 1 saturated carbocycles. The molecule has 2 fully saturated rings. The maximum atomic E-state index is 11.0. The Bertz CT molecular complexity index is 299. The highest BCUT2D eigenvalue weighted by molar-refractivity contribution is 5.88. The molecule has 0 aromatic carbocycles. The van der Waals surface area contributed by atoms with Crippen molar-refractivity contribution in [3.63, 3.8) is 0 Å². The number of esters is 1. The van der Waals surface area contributed by atoms with Crippen LogP contribution < -0.4 is 0 Å². The van der Waals surface area contributed by atoms with Crippen LogP contribution in [-0.2, 0) is 14.3 Å². The van der Waals surface area contributed by atoms with Crippen LogP contribution in [0.15, 0.2) is 0 Å². The van der Waals surface area contributed by atoms with Crippen molar-refractivity contribution in [2.45, 2.75) is 44.3 Å². The Kier molecular flexibility index (Phi) is 2.47. The Balaban J connectivity index is 1.93. The molecule has 3 heteroatoms. The van der Waals surface area contributed by atoms with Crippen molar-refractivity contribution in [1.82, 2.24) is 0 Å². The minimum Gasteiger partial charge on any atom is -0.456 e. The molecule has 2 rings (SSSR count). The minimum absolute atomic E-state index is 0.276. The third-order valence-corrected chi connectivity index (χ3v) is 2.73. The van der Waals surface area contributed by atoms with E-state index in [4.69, 9.17) is 9.47 Å². The fraction of sp³-hybridized carbons (Fsp3) is 0.727. The lowest BCUT2D eigenvalue weighted by atomic mass is 9.90. The summed E-state index contributed by atoms with van der Waals surface area (Å²) in [6.45, 7) is 2.15. The summed E-state index contributed by atoms with van der Waals surface area (Å²) in [7, 11) is 0. The summed E-state index contributed by atoms with van der Waals surface area (Å²) in [6.07, 6.45) is 4.68. The van der Waals surface area contributed by atoms with Gasteiger partial charge in [0, 0.05) is 5.92 Å². The maximum absolute atomic E-state index is 11.0. The zero-order chi connectivity index (χ0) is 10.0. The van der Waals surface area contributed by atoms with E-state index in [1.807, 2.05) is 0 Å². The minimum atomic E-state index is -0.443. The Morgan fingerprint density at radius 2 is 2.50 bits per heavy atom. The Morgan fingerprint density at radius 1 is 1.64 bits per heavy atom. The average molecular weight is 194 g/mol. The van der Waals surface area contributed by atoms with Crippen molar-refractivity contribution < 1.29 is 14.3 Å². The van der Waals surface area contributed by atoms with Gasteiger partial charge >= 0.3 is 5.97 Å². The van der Waals surface area contributed by atoms with Crippen LogP contribution >= 0.6 is 0 Å². The first-order chi connectivity index (χ1) is 6.77. The molecule has 0 aromatic heterocycles. The molecule has 2 atom stereocenters. The number of ether oxygens (including phenoxy) is 2. The van der Waals surface area contributed by atoms with Crippen LogP contribution in [0.2, 0.25) is 0 Å². The van der Waals surface area contributed by atoms with Gasteiger partial charge in [0.25, 0.3) is 0 Å². The van der Waals surface area contributed by atoms with Crippen LogP contribution in [0.3, 0.4) is 0 Å². The first-order valence-corrected chi connectivity index (χ1v) is 5.14. The summed E-state index contributed by atoms with van der Waals surface area (Å²) in [6, 6.07) is 0. The van der Waals surface area contributed by atoms with Crippen LogP contribution in [0.1, 0.15) is 32.6 Å². The molecule has 2 aliphatic rings. The average Bonchev–Trinajstić information content (AvgIpc) is 2.90. The van der Waals surface area contributed by atoms with E-state index in [1.165, 1.54) is 6.42 Å². The fourth-order valence-corrected chi connectivity index (χ4v) is 1.95. The molecule has 0 amide bonds. The summed E-state index contributed by atoms with van der Waals surface area (Å²) in [5.41, 5.74) is -0.287. The van der Waals surface area contributed by atoms with E-state index in [-0.39, 0.29) is 11.7 Å². The van der Waals surface area contributed by atoms with E-state index >= 15 is 0 Å². The number of epoxide rings is 1. The highest BCUT2D eigenvalue weighted by Crippen LogP contribution is 2.47. The zero-order valence-electron chi connectivity index (χ0n) is 8.34. The van der Waals surface area contributed by atoms with Gasteiger partial charge in [0.15, 0.2) is 5.60 Å². The quantitative estimate of drug-likeness (QED) is 0.273. The Morgan fingerprint density at radius 3 is 3.21 bits per heavy atom. The smallest absolute Gasteiger partial charge is 0.384 e. The number of fused-ring (bicyclic) bond motifs is 1. The molecule has 0 aromatic rings. The second kappa shape index (κ2) is 3.62. The van der Waals surface area contributed by atoms with Crippen molar-refractivity contribution in [1.29, 1.82) is 0 Å². The number of hydrogen-bond donors (Lipinski definition) is 0. The van der Waals surface area contributed by atoms with Gasteiger partial charge in [0.2, 0.25) is 0 Å². The molecule has 0 unspecified atom stereocenters. The van der Waals surface area contributed by atoms with Gasteiger partial charge in [-0.2, -0.15) is 0 Å². The van der Waals surface area contributed by atoms with Crippen LogP contribution in [0, 0.1) is 11.8 Å². The van der Waals surface area contributed by atoms with Crippen molar-refractivity contribution in [2.75, 3.05) is 6.61 Å². The van der Waals surface area contributed by atoms with Crippen molar-refractivity contribution in [3.05, 3.63) is 0 Å². The van der Waals surface area contributed by atoms with Gasteiger partial charge in [-0.3, -0.25) is 0 Å². The molecule has 0 bridgehead atoms. The molecule has 14 heavy (non-hydrogen) atoms. The van der Waals surface area contributed by atoms with E-state index in [9.17, 15) is 4.79 Å². The molecule has 1 heterocycles. The molecular weight excluding hydrogens is 180 g/mol. The highest BCUT2D eigenvalue weighted by atomic mass is 16.6. The normalized spacial score (nSPS) is 33.6. The van der Waals surface area contributed by atoms with Gasteiger partial charge < -0.3 is 9.47 Å². The molecule has 0 N–H and O–H groups in total. The largest absolute Gasteiger partial charge is 0.456 e. The summed E-state index contributed by atoms with van der Waals surface area (Å²) in [5.74, 6) is 4.97. The molecule has 3 nitrogen and oxygen atoms in total. The van der Waals surface area contributed by atoms with E-state index < -0.39 is 5.97 Å². The summed E-state index contributed by atoms with van der Waals surface area (Å²) >= 11 is 0. The monoisotopic (exact) mass is 194 g/mol. The second-order valence-electron chi connectivity index (χ2n) is 3.71. The SMILES string of the molecule is CCOC(=O)C#C[C@]12CCCC[C@@H]1O2. The summed E-state index contributed by atoms with van der Waals surface area (Å²) < 4.78 is 10.2. The predicted molar refractivity (Wildman–Crippen MR) is 50.5 cm³/mol. The number of carbonyl (C=O) groups is 1. The van der Waals surface area contributed by atoms with Crippen molar-refractivity contribution in [2.24, 2.45) is 0 Å². The van der Waals surface area contributed by atoms with Gasteiger partial charge in [0.1, 0.15) is 0 Å². The first kappa shape index (κ1) is 9.54. The number of hydrogen-bond acceptors (Lipinski definition) is 3. The van der Waals surface area contributed by atoms with Gasteiger partial charge in [0.05, 0.1) is 12.7 Å². The third-order valence-electron chi connectivity index (χ3n) is 2.73. The van der Waals surface area contributed by atoms with E-state index in [0.717, 1.165) is 19.3 Å². The lowest BCUT2D eigenvalue weighted by molar-refractivity contribution is -0.136. The molecular formula is C11H14O3. The fourth-order valence-electron chi connectivity index (χ4n) is 1.95. The Hall–Kier alpha value is -1.01. The van der Waals surface area contributed by atoms with Gasteiger partial charge in [-0.15, -0.1) is 0 Å². The highest BCUT2D eigenvalue weighted by Gasteiger charge is 2.56. The first-order valence-electron chi connectivity index (χ1n) is 5.14. The third kappa shape index (κ3) is 1.76. The van der Waals surface area contributed by atoms with E-state index in [1.54, 1.807) is 6.92 Å². The number of rotatable bonds is 1. The van der Waals surface area contributed by atoms with Gasteiger partial charge in [-0.25, -0.2) is 4.79 Å². The van der Waals surface area contributed by atoms with E-state index in [0.29, 0.717) is 6.61 Å². The van der Waals surface area contributed by atoms with Crippen LogP contribution in [-0.4, -0.2) is 24.3 Å². The van der Waals surface area contributed by atoms with Gasteiger partial charge in [-0.1, -0.05) is 12.3 Å². The lowest BCUT2D eigenvalue weighted by Gasteiger charge is -2.09. The second-order valence-corrected chi connectivity index (χ2v) is 3.71. The van der Waals surface area contributed by atoms with Crippen LogP contribution in [0.5, 0.6) is 0 Å². The summed E-state index contributed by atoms with van der Waals surface area (Å²) in [4.78, 5) is 11.0. The van der Waals surface area contributed by atoms with Crippen LogP contribution in [0.4, 0.5) is 0 Å². The molecule has 1 aliphatic heterocycles. The molecule has 1 saturated heterocycles. The topological polar surface area (TPSA) is 38.8 Å². The molecule has 76 valence electrons. The standard InChI is InChI=1S/C11H14O3/c1-2-13-10(12)6-8-11-7-4-3-5-9(11)14-11/h9H,2-5,7H2,1H3/t9-,11+/m0/s1. The van der Waals surface area contributed by atoms with Crippen LogP contribution in [0.25, 0.3) is 0 Å². The van der Waals surface area contributed by atoms with Gasteiger partial charge in [-0.05, 0) is 26.2 Å². The number of carbonyl (C=O) groups excluding carboxylic acids is 1. The summed E-state index contributed by atoms with van der Waals surface area (Å²) in [5, 5.41) is 0. The molecule has 0 spiro atoms.